The Morgan fingerprint density at radius 2 is 1.50 bits per heavy atom. The van der Waals surface area contributed by atoms with Crippen molar-refractivity contribution < 1.29 is 0 Å². The number of rotatable bonds is 4. The fraction of sp³-hybridized carbons (Fsp3) is 1.00. The van der Waals surface area contributed by atoms with Gasteiger partial charge in [-0.15, -0.1) is 0 Å². The quantitative estimate of drug-likeness (QED) is 0.562. The molecule has 0 aromatic heterocycles. The zero-order valence-electron chi connectivity index (χ0n) is 6.55. The maximum Gasteiger partial charge on any atom is 0.0161 e. The second-order valence-corrected chi connectivity index (χ2v) is 3.83. The smallest absolute Gasteiger partial charge is 0.0161 e. The molecule has 0 aromatic carbocycles. The van der Waals surface area contributed by atoms with Crippen LogP contribution in [0.5, 0.6) is 0 Å². The summed E-state index contributed by atoms with van der Waals surface area (Å²) in [5.74, 6) is 1.99. The van der Waals surface area contributed by atoms with Gasteiger partial charge in [0.25, 0.3) is 0 Å². The molecule has 0 bridgehead atoms. The van der Waals surface area contributed by atoms with Gasteiger partial charge in [0.05, 0.1) is 0 Å². The number of hydrogen-bond donors (Lipinski definition) is 0. The zero-order chi connectivity index (χ0) is 6.81. The second-order valence-electron chi connectivity index (χ2n) is 3.83. The maximum atomic E-state index is 4.56. The molecule has 1 radical (unpaired) electrons. The molecule has 57 valence electrons. The minimum Gasteiger partial charge on any atom is -0.241 e. The van der Waals surface area contributed by atoms with E-state index in [4.69, 9.17) is 0 Å². The van der Waals surface area contributed by atoms with E-state index in [0.717, 1.165) is 11.8 Å². The highest BCUT2D eigenvalue weighted by molar-refractivity contribution is 4.77. The Morgan fingerprint density at radius 1 is 0.900 bits per heavy atom. The van der Waals surface area contributed by atoms with Crippen molar-refractivity contribution in [1.82, 2.24) is 5.32 Å². The SMILES string of the molecule is C1CC(C[N]CC2CC2)C1. The van der Waals surface area contributed by atoms with Gasteiger partial charge in [0, 0.05) is 13.1 Å². The Labute approximate surface area is 63.2 Å². The molecule has 2 rings (SSSR count). The number of nitrogens with zero attached hydrogens (tertiary/aromatic N) is 1. The van der Waals surface area contributed by atoms with Gasteiger partial charge in [-0.3, -0.25) is 0 Å². The van der Waals surface area contributed by atoms with Gasteiger partial charge in [-0.05, 0) is 37.5 Å². The van der Waals surface area contributed by atoms with Gasteiger partial charge >= 0.3 is 0 Å². The lowest BCUT2D eigenvalue weighted by molar-refractivity contribution is 0.298. The molecule has 0 heterocycles. The van der Waals surface area contributed by atoms with Crippen molar-refractivity contribution in [3.05, 3.63) is 0 Å². The molecule has 2 saturated carbocycles. The Balaban J connectivity index is 1.46. The van der Waals surface area contributed by atoms with Crippen molar-refractivity contribution in [2.45, 2.75) is 32.1 Å². The van der Waals surface area contributed by atoms with Gasteiger partial charge in [-0.25, -0.2) is 5.32 Å². The molecule has 0 unspecified atom stereocenters. The third kappa shape index (κ3) is 1.72. The summed E-state index contributed by atoms with van der Waals surface area (Å²) in [5.41, 5.74) is 0. The van der Waals surface area contributed by atoms with Crippen molar-refractivity contribution in [1.29, 1.82) is 0 Å². The van der Waals surface area contributed by atoms with Crippen LogP contribution in [-0.4, -0.2) is 13.1 Å². The molecular formula is C9H16N. The lowest BCUT2D eigenvalue weighted by atomic mass is 9.85. The molecular weight excluding hydrogens is 122 g/mol. The van der Waals surface area contributed by atoms with E-state index in [1.807, 2.05) is 0 Å². The summed E-state index contributed by atoms with van der Waals surface area (Å²) in [6.45, 7) is 2.35. The van der Waals surface area contributed by atoms with Gasteiger partial charge in [-0.1, -0.05) is 6.42 Å². The van der Waals surface area contributed by atoms with E-state index in [-0.39, 0.29) is 0 Å². The van der Waals surface area contributed by atoms with Crippen LogP contribution in [0.2, 0.25) is 0 Å². The Hall–Kier alpha value is -0.0400. The third-order valence-corrected chi connectivity index (χ3v) is 2.70. The first-order valence-corrected chi connectivity index (χ1v) is 4.58. The lowest BCUT2D eigenvalue weighted by Crippen LogP contribution is -2.23. The highest BCUT2D eigenvalue weighted by atomic mass is 14.9. The molecule has 2 aliphatic carbocycles. The van der Waals surface area contributed by atoms with Crippen LogP contribution in [0.3, 0.4) is 0 Å². The Kier molecular flexibility index (Phi) is 1.94. The monoisotopic (exact) mass is 138 g/mol. The largest absolute Gasteiger partial charge is 0.241 e. The molecule has 0 amide bonds. The topological polar surface area (TPSA) is 14.1 Å². The van der Waals surface area contributed by atoms with Crippen LogP contribution in [0.15, 0.2) is 0 Å². The predicted molar refractivity (Wildman–Crippen MR) is 41.9 cm³/mol. The van der Waals surface area contributed by atoms with E-state index < -0.39 is 0 Å². The predicted octanol–water partition coefficient (Wildman–Crippen LogP) is 1.80. The van der Waals surface area contributed by atoms with Crippen LogP contribution in [0.25, 0.3) is 0 Å². The first-order chi connectivity index (χ1) is 4.95. The van der Waals surface area contributed by atoms with E-state index in [9.17, 15) is 0 Å². The highest BCUT2D eigenvalue weighted by Crippen LogP contribution is 2.29. The van der Waals surface area contributed by atoms with Gasteiger partial charge < -0.3 is 0 Å². The molecule has 0 aliphatic heterocycles. The molecule has 1 heteroatoms. The van der Waals surface area contributed by atoms with Crippen LogP contribution < -0.4 is 5.32 Å². The second kappa shape index (κ2) is 2.91. The van der Waals surface area contributed by atoms with Crippen LogP contribution in [0.4, 0.5) is 0 Å². The minimum atomic E-state index is 0.985. The Bertz CT molecular complexity index is 103. The average Bonchev–Trinajstić information content (AvgIpc) is 2.58. The van der Waals surface area contributed by atoms with Crippen molar-refractivity contribution in [3.63, 3.8) is 0 Å². The van der Waals surface area contributed by atoms with Gasteiger partial charge in [0.2, 0.25) is 0 Å². The van der Waals surface area contributed by atoms with Crippen LogP contribution in [-0.2, 0) is 0 Å². The first kappa shape index (κ1) is 6.66. The summed E-state index contributed by atoms with van der Waals surface area (Å²) in [7, 11) is 0. The molecule has 2 fully saturated rings. The molecule has 0 spiro atoms. The summed E-state index contributed by atoms with van der Waals surface area (Å²) in [6, 6.07) is 0. The molecule has 10 heavy (non-hydrogen) atoms. The molecule has 0 N–H and O–H groups in total. The summed E-state index contributed by atoms with van der Waals surface area (Å²) >= 11 is 0. The van der Waals surface area contributed by atoms with Gasteiger partial charge in [0.1, 0.15) is 0 Å². The standard InChI is InChI=1S/C9H16N/c1-2-8(3-1)6-10-7-9-4-5-9/h8-9H,1-7H2. The normalized spacial score (nSPS) is 26.4. The highest BCUT2D eigenvalue weighted by Gasteiger charge is 2.22. The average molecular weight is 138 g/mol. The fourth-order valence-electron chi connectivity index (χ4n) is 1.42. The summed E-state index contributed by atoms with van der Waals surface area (Å²) in [5, 5.41) is 4.56. The van der Waals surface area contributed by atoms with Crippen molar-refractivity contribution in [2.24, 2.45) is 11.8 Å². The fourth-order valence-corrected chi connectivity index (χ4v) is 1.42. The molecule has 0 atom stereocenters. The molecule has 0 saturated heterocycles. The Morgan fingerprint density at radius 3 is 1.90 bits per heavy atom. The lowest BCUT2D eigenvalue weighted by Gasteiger charge is -2.24. The van der Waals surface area contributed by atoms with Crippen molar-refractivity contribution >= 4 is 0 Å². The molecule has 2 aliphatic rings. The van der Waals surface area contributed by atoms with E-state index in [1.165, 1.54) is 45.2 Å². The van der Waals surface area contributed by atoms with E-state index in [2.05, 4.69) is 5.32 Å². The maximum absolute atomic E-state index is 4.56. The molecule has 1 nitrogen and oxygen atoms in total. The minimum absolute atomic E-state index is 0.985. The summed E-state index contributed by atoms with van der Waals surface area (Å²) < 4.78 is 0. The third-order valence-electron chi connectivity index (χ3n) is 2.70. The number of hydrogen-bond acceptors (Lipinski definition) is 0. The van der Waals surface area contributed by atoms with Gasteiger partial charge in [0.15, 0.2) is 0 Å². The van der Waals surface area contributed by atoms with Crippen molar-refractivity contribution in [2.75, 3.05) is 13.1 Å². The zero-order valence-corrected chi connectivity index (χ0v) is 6.55. The summed E-state index contributed by atoms with van der Waals surface area (Å²) in [6.07, 6.45) is 7.27. The van der Waals surface area contributed by atoms with Gasteiger partial charge in [-0.2, -0.15) is 0 Å². The van der Waals surface area contributed by atoms with Crippen LogP contribution in [0, 0.1) is 11.8 Å². The van der Waals surface area contributed by atoms with Crippen molar-refractivity contribution in [3.8, 4) is 0 Å². The van der Waals surface area contributed by atoms with Crippen LogP contribution >= 0.6 is 0 Å². The first-order valence-electron chi connectivity index (χ1n) is 4.58. The van der Waals surface area contributed by atoms with E-state index in [0.29, 0.717) is 0 Å². The summed E-state index contributed by atoms with van der Waals surface area (Å²) in [4.78, 5) is 0. The van der Waals surface area contributed by atoms with E-state index >= 15 is 0 Å². The van der Waals surface area contributed by atoms with Crippen LogP contribution in [0.1, 0.15) is 32.1 Å². The van der Waals surface area contributed by atoms with E-state index in [1.54, 1.807) is 0 Å². The molecule has 0 aromatic rings.